The van der Waals surface area contributed by atoms with Crippen LogP contribution in [0.4, 0.5) is 4.39 Å². The molecule has 2 heterocycles. The van der Waals surface area contributed by atoms with E-state index in [9.17, 15) is 12.8 Å². The van der Waals surface area contributed by atoms with Crippen molar-refractivity contribution in [1.82, 2.24) is 4.31 Å². The maximum absolute atomic E-state index is 13.2. The van der Waals surface area contributed by atoms with Gasteiger partial charge < -0.3 is 9.47 Å². The van der Waals surface area contributed by atoms with Crippen LogP contribution >= 0.6 is 0 Å². The van der Waals surface area contributed by atoms with Crippen molar-refractivity contribution in [3.8, 4) is 0 Å². The lowest BCUT2D eigenvalue weighted by Crippen LogP contribution is -2.63. The van der Waals surface area contributed by atoms with Crippen LogP contribution in [0.5, 0.6) is 0 Å². The van der Waals surface area contributed by atoms with Crippen molar-refractivity contribution in [3.05, 3.63) is 30.1 Å². The Kier molecular flexibility index (Phi) is 4.24. The lowest BCUT2D eigenvalue weighted by Gasteiger charge is -2.46. The van der Waals surface area contributed by atoms with Crippen LogP contribution in [0.2, 0.25) is 0 Å². The third-order valence-electron chi connectivity index (χ3n) is 4.38. The Morgan fingerprint density at radius 3 is 2.91 bits per heavy atom. The maximum Gasteiger partial charge on any atom is 0.243 e. The molecule has 2 saturated heterocycles. The predicted octanol–water partition coefficient (Wildman–Crippen LogP) is 1.64. The van der Waals surface area contributed by atoms with Gasteiger partial charge in [-0.2, -0.15) is 4.31 Å². The highest BCUT2D eigenvalue weighted by atomic mass is 32.2. The zero-order chi connectivity index (χ0) is 15.8. The van der Waals surface area contributed by atoms with Gasteiger partial charge in [0.1, 0.15) is 5.82 Å². The maximum atomic E-state index is 13.2. The molecule has 22 heavy (non-hydrogen) atoms. The Labute approximate surface area is 130 Å². The minimum absolute atomic E-state index is 0.00344. The summed E-state index contributed by atoms with van der Waals surface area (Å²) >= 11 is 0. The van der Waals surface area contributed by atoms with E-state index in [1.165, 1.54) is 22.5 Å². The topological polar surface area (TPSA) is 55.8 Å². The van der Waals surface area contributed by atoms with E-state index in [0.717, 1.165) is 18.9 Å². The molecule has 0 radical (unpaired) electrons. The van der Waals surface area contributed by atoms with Crippen molar-refractivity contribution < 1.29 is 22.3 Å². The second-order valence-electron chi connectivity index (χ2n) is 6.08. The van der Waals surface area contributed by atoms with E-state index in [0.29, 0.717) is 32.2 Å². The Morgan fingerprint density at radius 2 is 2.23 bits per heavy atom. The number of rotatable bonds is 5. The molecule has 1 atom stereocenters. The van der Waals surface area contributed by atoms with Gasteiger partial charge in [0, 0.05) is 26.8 Å². The molecule has 0 amide bonds. The molecule has 0 saturated carbocycles. The van der Waals surface area contributed by atoms with Gasteiger partial charge in [0.05, 0.1) is 17.1 Å². The van der Waals surface area contributed by atoms with E-state index < -0.39 is 15.8 Å². The van der Waals surface area contributed by atoms with Gasteiger partial charge in [0.2, 0.25) is 10.0 Å². The average Bonchev–Trinajstić information content (AvgIpc) is 2.88. The molecule has 0 aliphatic carbocycles. The average molecular weight is 329 g/mol. The third kappa shape index (κ3) is 2.90. The Hall–Kier alpha value is -1.02. The summed E-state index contributed by atoms with van der Waals surface area (Å²) in [5.41, 5.74) is -0.362. The lowest BCUT2D eigenvalue weighted by molar-refractivity contribution is -0.0773. The summed E-state index contributed by atoms with van der Waals surface area (Å²) < 4.78 is 50.4. The van der Waals surface area contributed by atoms with Gasteiger partial charge in [-0.25, -0.2) is 12.8 Å². The number of methoxy groups -OCH3 is 1. The number of sulfonamides is 1. The molecule has 0 aromatic heterocycles. The molecular formula is C15H20FNO4S. The first-order chi connectivity index (χ1) is 10.5. The van der Waals surface area contributed by atoms with Crippen LogP contribution in [0.15, 0.2) is 29.2 Å². The van der Waals surface area contributed by atoms with Crippen molar-refractivity contribution in [2.24, 2.45) is 5.92 Å². The molecule has 1 aromatic carbocycles. The van der Waals surface area contributed by atoms with Crippen molar-refractivity contribution in [1.29, 1.82) is 0 Å². The molecule has 1 unspecified atom stereocenters. The second-order valence-corrected chi connectivity index (χ2v) is 8.01. The molecule has 5 nitrogen and oxygen atoms in total. The number of nitrogens with zero attached hydrogens (tertiary/aromatic N) is 1. The Bertz CT molecular complexity index is 643. The van der Waals surface area contributed by atoms with Crippen molar-refractivity contribution in [2.45, 2.75) is 23.3 Å². The van der Waals surface area contributed by atoms with Crippen LogP contribution in [0.25, 0.3) is 0 Å². The first-order valence-corrected chi connectivity index (χ1v) is 8.78. The molecule has 2 aliphatic heterocycles. The highest BCUT2D eigenvalue weighted by Gasteiger charge is 2.53. The summed E-state index contributed by atoms with van der Waals surface area (Å²) in [7, 11) is -1.97. The quantitative estimate of drug-likeness (QED) is 0.824. The summed E-state index contributed by atoms with van der Waals surface area (Å²) in [6.07, 6.45) is 1.78. The third-order valence-corrected chi connectivity index (χ3v) is 6.17. The molecule has 2 fully saturated rings. The van der Waals surface area contributed by atoms with Gasteiger partial charge >= 0.3 is 0 Å². The highest BCUT2D eigenvalue weighted by molar-refractivity contribution is 7.89. The molecule has 0 bridgehead atoms. The molecule has 1 aromatic rings. The van der Waals surface area contributed by atoms with Gasteiger partial charge in [0.15, 0.2) is 0 Å². The predicted molar refractivity (Wildman–Crippen MR) is 78.4 cm³/mol. The summed E-state index contributed by atoms with van der Waals surface area (Å²) in [6, 6.07) is 5.11. The Morgan fingerprint density at radius 1 is 1.45 bits per heavy atom. The largest absolute Gasteiger partial charge is 0.385 e. The van der Waals surface area contributed by atoms with Crippen molar-refractivity contribution in [3.63, 3.8) is 0 Å². The van der Waals surface area contributed by atoms with E-state index in [1.807, 2.05) is 0 Å². The number of benzene rings is 1. The van der Waals surface area contributed by atoms with E-state index >= 15 is 0 Å². The summed E-state index contributed by atoms with van der Waals surface area (Å²) in [6.45, 7) is 2.03. The fourth-order valence-corrected chi connectivity index (χ4v) is 4.79. The van der Waals surface area contributed by atoms with Crippen LogP contribution in [-0.4, -0.2) is 51.7 Å². The van der Waals surface area contributed by atoms with Crippen LogP contribution in [0.3, 0.4) is 0 Å². The van der Waals surface area contributed by atoms with Crippen LogP contribution in [0, 0.1) is 11.7 Å². The summed E-state index contributed by atoms with van der Waals surface area (Å²) in [4.78, 5) is -0.00344. The molecule has 7 heteroatoms. The van der Waals surface area contributed by atoms with Crippen LogP contribution in [-0.2, 0) is 19.5 Å². The Balaban J connectivity index is 1.63. The minimum Gasteiger partial charge on any atom is -0.385 e. The smallest absolute Gasteiger partial charge is 0.243 e. The monoisotopic (exact) mass is 329 g/mol. The second kappa shape index (κ2) is 5.88. The standard InChI is InChI=1S/C15H20FNO4S/c1-20-6-5-12-8-15(21-9-12)10-17(11-15)22(18,19)14-4-2-3-13(16)7-14/h2-4,7,12H,5-6,8-11H2,1H3. The first kappa shape index (κ1) is 15.9. The van der Waals surface area contributed by atoms with Crippen molar-refractivity contribution >= 4 is 10.0 Å². The number of hydrogen-bond donors (Lipinski definition) is 0. The van der Waals surface area contributed by atoms with Crippen LogP contribution < -0.4 is 0 Å². The normalized spacial score (nSPS) is 24.5. The number of halogens is 1. The van der Waals surface area contributed by atoms with Gasteiger partial charge in [-0.15, -0.1) is 0 Å². The fourth-order valence-electron chi connectivity index (χ4n) is 3.17. The van der Waals surface area contributed by atoms with Gasteiger partial charge in [-0.1, -0.05) is 6.07 Å². The minimum atomic E-state index is -3.63. The van der Waals surface area contributed by atoms with E-state index in [4.69, 9.17) is 9.47 Å². The highest BCUT2D eigenvalue weighted by Crippen LogP contribution is 2.41. The van der Waals surface area contributed by atoms with Crippen LogP contribution in [0.1, 0.15) is 12.8 Å². The lowest BCUT2D eigenvalue weighted by atomic mass is 9.88. The molecule has 0 N–H and O–H groups in total. The van der Waals surface area contributed by atoms with Crippen molar-refractivity contribution in [2.75, 3.05) is 33.4 Å². The summed E-state index contributed by atoms with van der Waals surface area (Å²) in [5.74, 6) is -0.132. The molecule has 122 valence electrons. The van der Waals surface area contributed by atoms with Gasteiger partial charge in [-0.05, 0) is 37.0 Å². The van der Waals surface area contributed by atoms with E-state index in [1.54, 1.807) is 7.11 Å². The molecular weight excluding hydrogens is 309 g/mol. The van der Waals surface area contributed by atoms with E-state index in [2.05, 4.69) is 0 Å². The number of ether oxygens (including phenoxy) is 2. The summed E-state index contributed by atoms with van der Waals surface area (Å²) in [5, 5.41) is 0. The van der Waals surface area contributed by atoms with Gasteiger partial charge in [0.25, 0.3) is 0 Å². The number of hydrogen-bond acceptors (Lipinski definition) is 4. The van der Waals surface area contributed by atoms with E-state index in [-0.39, 0.29) is 10.5 Å². The zero-order valence-electron chi connectivity index (χ0n) is 12.5. The first-order valence-electron chi connectivity index (χ1n) is 7.34. The molecule has 2 aliphatic rings. The molecule has 1 spiro atoms. The fraction of sp³-hybridized carbons (Fsp3) is 0.600. The molecule has 3 rings (SSSR count). The SMILES string of the molecule is COCCC1COC2(C1)CN(S(=O)(=O)c1cccc(F)c1)C2. The zero-order valence-corrected chi connectivity index (χ0v) is 13.3. The van der Waals surface area contributed by atoms with Gasteiger partial charge in [-0.3, -0.25) is 0 Å².